The lowest BCUT2D eigenvalue weighted by Gasteiger charge is -2.44. The third-order valence-electron chi connectivity index (χ3n) is 5.33. The van der Waals surface area contributed by atoms with Gasteiger partial charge >= 0.3 is 0 Å². The molecule has 112 valence electrons. The van der Waals surface area contributed by atoms with Crippen LogP contribution in [0.25, 0.3) is 0 Å². The van der Waals surface area contributed by atoms with E-state index in [0.717, 1.165) is 25.6 Å². The van der Waals surface area contributed by atoms with Gasteiger partial charge in [-0.15, -0.1) is 0 Å². The van der Waals surface area contributed by atoms with Crippen molar-refractivity contribution in [3.63, 3.8) is 0 Å². The van der Waals surface area contributed by atoms with Crippen molar-refractivity contribution in [3.05, 3.63) is 0 Å². The van der Waals surface area contributed by atoms with Crippen molar-refractivity contribution < 1.29 is 5.11 Å². The van der Waals surface area contributed by atoms with E-state index in [1.54, 1.807) is 0 Å². The van der Waals surface area contributed by atoms with Gasteiger partial charge in [-0.1, -0.05) is 32.1 Å². The van der Waals surface area contributed by atoms with Crippen molar-refractivity contribution in [2.24, 2.45) is 11.1 Å². The third-order valence-corrected chi connectivity index (χ3v) is 5.33. The number of aliphatic hydroxyl groups excluding tert-OH is 1. The normalized spacial score (nSPS) is 24.2. The van der Waals surface area contributed by atoms with Gasteiger partial charge in [0.2, 0.25) is 0 Å². The average Bonchev–Trinajstić information content (AvgIpc) is 2.60. The van der Waals surface area contributed by atoms with Crippen LogP contribution in [0.5, 0.6) is 0 Å². The molecule has 0 aliphatic heterocycles. The van der Waals surface area contributed by atoms with Crippen LogP contribution in [0, 0.1) is 5.41 Å². The Labute approximate surface area is 118 Å². The van der Waals surface area contributed by atoms with E-state index in [4.69, 9.17) is 10.8 Å². The van der Waals surface area contributed by atoms with Crippen LogP contribution in [0.2, 0.25) is 0 Å². The zero-order valence-corrected chi connectivity index (χ0v) is 12.4. The number of rotatable bonds is 7. The van der Waals surface area contributed by atoms with Crippen molar-refractivity contribution in [1.29, 1.82) is 0 Å². The van der Waals surface area contributed by atoms with Crippen molar-refractivity contribution in [2.45, 2.75) is 70.3 Å². The molecule has 3 heteroatoms. The van der Waals surface area contributed by atoms with Crippen molar-refractivity contribution in [2.75, 3.05) is 26.2 Å². The lowest BCUT2D eigenvalue weighted by atomic mass is 9.78. The largest absolute Gasteiger partial charge is 0.396 e. The van der Waals surface area contributed by atoms with Crippen molar-refractivity contribution >= 4 is 0 Å². The molecule has 0 aromatic rings. The molecular weight excluding hydrogens is 236 g/mol. The van der Waals surface area contributed by atoms with Crippen molar-refractivity contribution in [3.8, 4) is 0 Å². The fourth-order valence-electron chi connectivity index (χ4n) is 3.75. The summed E-state index contributed by atoms with van der Waals surface area (Å²) in [5.41, 5.74) is 6.53. The van der Waals surface area contributed by atoms with Gasteiger partial charge in [-0.05, 0) is 44.1 Å². The van der Waals surface area contributed by atoms with Gasteiger partial charge in [0.15, 0.2) is 0 Å². The highest BCUT2D eigenvalue weighted by Gasteiger charge is 2.35. The predicted molar refractivity (Wildman–Crippen MR) is 80.1 cm³/mol. The second kappa shape index (κ2) is 7.61. The van der Waals surface area contributed by atoms with Gasteiger partial charge in [-0.3, -0.25) is 4.90 Å². The molecule has 2 aliphatic rings. The quantitative estimate of drug-likeness (QED) is 0.698. The summed E-state index contributed by atoms with van der Waals surface area (Å²) in [6.45, 7) is 3.39. The third kappa shape index (κ3) is 4.17. The van der Waals surface area contributed by atoms with Gasteiger partial charge in [-0.25, -0.2) is 0 Å². The SMILES string of the molecule is NCC1(CN(CCCO)C2CCC2)CCCCCC1. The first kappa shape index (κ1) is 15.3. The fourth-order valence-corrected chi connectivity index (χ4v) is 3.75. The lowest BCUT2D eigenvalue weighted by molar-refractivity contribution is 0.0575. The Bertz CT molecular complexity index is 245. The number of nitrogens with zero attached hydrogens (tertiary/aromatic N) is 1. The van der Waals surface area contributed by atoms with Gasteiger partial charge in [0.05, 0.1) is 0 Å². The van der Waals surface area contributed by atoms with Crippen LogP contribution >= 0.6 is 0 Å². The second-order valence-corrected chi connectivity index (χ2v) is 6.75. The maximum absolute atomic E-state index is 9.11. The first-order chi connectivity index (χ1) is 9.29. The van der Waals surface area contributed by atoms with Crippen molar-refractivity contribution in [1.82, 2.24) is 4.90 Å². The number of aliphatic hydroxyl groups is 1. The van der Waals surface area contributed by atoms with Crippen LogP contribution in [0.1, 0.15) is 64.2 Å². The van der Waals surface area contributed by atoms with Crippen LogP contribution in [0.15, 0.2) is 0 Å². The molecule has 0 radical (unpaired) electrons. The van der Waals surface area contributed by atoms with Crippen LogP contribution in [0.4, 0.5) is 0 Å². The molecule has 0 atom stereocenters. The average molecular weight is 268 g/mol. The topological polar surface area (TPSA) is 49.5 Å². The molecule has 2 saturated carbocycles. The molecule has 19 heavy (non-hydrogen) atoms. The summed E-state index contributed by atoms with van der Waals surface area (Å²) in [7, 11) is 0. The molecular formula is C16H32N2O. The maximum Gasteiger partial charge on any atom is 0.0443 e. The zero-order valence-electron chi connectivity index (χ0n) is 12.4. The number of hydrogen-bond donors (Lipinski definition) is 2. The van der Waals surface area contributed by atoms with E-state index in [0.29, 0.717) is 12.0 Å². The number of hydrogen-bond acceptors (Lipinski definition) is 3. The molecule has 0 unspecified atom stereocenters. The summed E-state index contributed by atoms with van der Waals surface area (Å²) >= 11 is 0. The molecule has 0 amide bonds. The lowest BCUT2D eigenvalue weighted by Crippen LogP contribution is -2.49. The van der Waals surface area contributed by atoms with E-state index in [-0.39, 0.29) is 0 Å². The Hall–Kier alpha value is -0.120. The Kier molecular flexibility index (Phi) is 6.11. The summed E-state index contributed by atoms with van der Waals surface area (Å²) in [5.74, 6) is 0. The van der Waals surface area contributed by atoms with Gasteiger partial charge < -0.3 is 10.8 Å². The number of nitrogens with two attached hydrogens (primary N) is 1. The Morgan fingerprint density at radius 3 is 2.21 bits per heavy atom. The minimum atomic E-state index is 0.318. The van der Waals surface area contributed by atoms with Gasteiger partial charge in [0, 0.05) is 25.7 Å². The standard InChI is InChI=1S/C16H32N2O/c17-13-16(9-3-1-2-4-10-16)14-18(11-6-12-19)15-7-5-8-15/h15,19H,1-14,17H2. The first-order valence-corrected chi connectivity index (χ1v) is 8.35. The summed E-state index contributed by atoms with van der Waals surface area (Å²) in [5, 5.41) is 9.11. The molecule has 0 bridgehead atoms. The highest BCUT2D eigenvalue weighted by molar-refractivity contribution is 4.89. The van der Waals surface area contributed by atoms with E-state index in [1.807, 2.05) is 0 Å². The van der Waals surface area contributed by atoms with Gasteiger partial charge in [0.1, 0.15) is 0 Å². The Morgan fingerprint density at radius 1 is 1.05 bits per heavy atom. The molecule has 2 aliphatic carbocycles. The molecule has 2 rings (SSSR count). The van der Waals surface area contributed by atoms with Crippen LogP contribution in [0.3, 0.4) is 0 Å². The van der Waals surface area contributed by atoms with Gasteiger partial charge in [0.25, 0.3) is 0 Å². The van der Waals surface area contributed by atoms with Gasteiger partial charge in [-0.2, -0.15) is 0 Å². The zero-order chi connectivity index (χ0) is 13.6. The summed E-state index contributed by atoms with van der Waals surface area (Å²) in [6, 6.07) is 0.776. The minimum absolute atomic E-state index is 0.318. The molecule has 0 saturated heterocycles. The van der Waals surface area contributed by atoms with Crippen LogP contribution in [-0.4, -0.2) is 42.3 Å². The highest BCUT2D eigenvalue weighted by atomic mass is 16.3. The fraction of sp³-hybridized carbons (Fsp3) is 1.00. The Morgan fingerprint density at radius 2 is 1.74 bits per heavy atom. The Balaban J connectivity index is 1.95. The molecule has 0 heterocycles. The molecule has 0 aromatic heterocycles. The minimum Gasteiger partial charge on any atom is -0.396 e. The van der Waals surface area contributed by atoms with E-state index in [2.05, 4.69) is 4.90 Å². The summed E-state index contributed by atoms with van der Waals surface area (Å²) in [6.07, 6.45) is 13.1. The van der Waals surface area contributed by atoms with E-state index < -0.39 is 0 Å². The molecule has 2 fully saturated rings. The van der Waals surface area contributed by atoms with Crippen LogP contribution in [-0.2, 0) is 0 Å². The monoisotopic (exact) mass is 268 g/mol. The molecule has 3 nitrogen and oxygen atoms in total. The first-order valence-electron chi connectivity index (χ1n) is 8.35. The smallest absolute Gasteiger partial charge is 0.0443 e. The summed E-state index contributed by atoms with van der Waals surface area (Å²) < 4.78 is 0. The predicted octanol–water partition coefficient (Wildman–Crippen LogP) is 2.52. The van der Waals surface area contributed by atoms with E-state index in [1.165, 1.54) is 64.3 Å². The van der Waals surface area contributed by atoms with E-state index in [9.17, 15) is 0 Å². The molecule has 0 spiro atoms. The molecule has 3 N–H and O–H groups in total. The highest BCUT2D eigenvalue weighted by Crippen LogP contribution is 2.37. The van der Waals surface area contributed by atoms with Crippen LogP contribution < -0.4 is 5.73 Å². The second-order valence-electron chi connectivity index (χ2n) is 6.75. The summed E-state index contributed by atoms with van der Waals surface area (Å²) in [4.78, 5) is 2.65. The molecule has 0 aromatic carbocycles. The van der Waals surface area contributed by atoms with E-state index >= 15 is 0 Å². The maximum atomic E-state index is 9.11.